The van der Waals surface area contributed by atoms with Gasteiger partial charge in [-0.05, 0) is 0 Å². The van der Waals surface area contributed by atoms with Crippen molar-refractivity contribution in [2.45, 2.75) is 13.3 Å². The summed E-state index contributed by atoms with van der Waals surface area (Å²) in [5.74, 6) is 1.55. The van der Waals surface area contributed by atoms with Crippen molar-refractivity contribution in [1.29, 1.82) is 0 Å². The number of hydrogen-bond acceptors (Lipinski definition) is 4. The molecule has 2 heterocycles. The quantitative estimate of drug-likeness (QED) is 0.738. The van der Waals surface area contributed by atoms with Gasteiger partial charge in [-0.1, -0.05) is 18.5 Å². The van der Waals surface area contributed by atoms with Crippen LogP contribution < -0.4 is 4.90 Å². The average Bonchev–Trinajstić information content (AvgIpc) is 2.32. The molecule has 0 saturated carbocycles. The first-order valence-electron chi connectivity index (χ1n) is 5.62. The van der Waals surface area contributed by atoms with Crippen molar-refractivity contribution in [2.24, 2.45) is 0 Å². The molecule has 1 amide bonds. The normalized spacial score (nSPS) is 16.5. The highest BCUT2D eigenvalue weighted by Gasteiger charge is 2.22. The standard InChI is InChI=1S/C11H15ClN4O/c1-3-9-13-8(12)6-10(14-9)16-5-4-15(2)11(17)7-16/h6H,3-5,7H2,1-2H3. The molecule has 1 saturated heterocycles. The van der Waals surface area contributed by atoms with Gasteiger partial charge in [0, 0.05) is 32.6 Å². The number of piperazine rings is 1. The molecule has 0 atom stereocenters. The lowest BCUT2D eigenvalue weighted by atomic mass is 10.3. The van der Waals surface area contributed by atoms with Gasteiger partial charge in [0.2, 0.25) is 5.91 Å². The van der Waals surface area contributed by atoms with Crippen molar-refractivity contribution in [2.75, 3.05) is 31.6 Å². The Morgan fingerprint density at radius 2 is 2.18 bits per heavy atom. The summed E-state index contributed by atoms with van der Waals surface area (Å²) < 4.78 is 0. The van der Waals surface area contributed by atoms with Crippen LogP contribution in [0.25, 0.3) is 0 Å². The van der Waals surface area contributed by atoms with E-state index in [-0.39, 0.29) is 5.91 Å². The number of amides is 1. The zero-order chi connectivity index (χ0) is 12.4. The summed E-state index contributed by atoms with van der Waals surface area (Å²) in [5.41, 5.74) is 0. The molecule has 0 unspecified atom stereocenters. The van der Waals surface area contributed by atoms with Gasteiger partial charge < -0.3 is 9.80 Å². The molecule has 92 valence electrons. The number of hydrogen-bond donors (Lipinski definition) is 0. The van der Waals surface area contributed by atoms with Gasteiger partial charge in [0.05, 0.1) is 6.54 Å². The van der Waals surface area contributed by atoms with Crippen LogP contribution in [-0.4, -0.2) is 47.5 Å². The van der Waals surface area contributed by atoms with Gasteiger partial charge in [-0.2, -0.15) is 0 Å². The molecule has 0 aliphatic carbocycles. The zero-order valence-electron chi connectivity index (χ0n) is 9.98. The molecule has 5 nitrogen and oxygen atoms in total. The highest BCUT2D eigenvalue weighted by molar-refractivity contribution is 6.29. The van der Waals surface area contributed by atoms with Gasteiger partial charge in [0.25, 0.3) is 0 Å². The Morgan fingerprint density at radius 1 is 1.41 bits per heavy atom. The number of carbonyl (C=O) groups is 1. The minimum atomic E-state index is 0.101. The topological polar surface area (TPSA) is 49.3 Å². The summed E-state index contributed by atoms with van der Waals surface area (Å²) in [4.78, 5) is 23.8. The maximum atomic E-state index is 11.6. The smallest absolute Gasteiger partial charge is 0.241 e. The second kappa shape index (κ2) is 4.87. The van der Waals surface area contributed by atoms with E-state index in [0.29, 0.717) is 24.1 Å². The molecule has 17 heavy (non-hydrogen) atoms. The van der Waals surface area contributed by atoms with E-state index < -0.39 is 0 Å². The number of halogens is 1. The van der Waals surface area contributed by atoms with Crippen LogP contribution in [0.3, 0.4) is 0 Å². The van der Waals surface area contributed by atoms with Crippen LogP contribution in [0.2, 0.25) is 5.15 Å². The predicted octanol–water partition coefficient (Wildman–Crippen LogP) is 0.971. The molecule has 0 aromatic carbocycles. The van der Waals surface area contributed by atoms with Crippen LogP contribution in [0.15, 0.2) is 6.07 Å². The van der Waals surface area contributed by atoms with Crippen molar-refractivity contribution in [1.82, 2.24) is 14.9 Å². The van der Waals surface area contributed by atoms with E-state index in [1.807, 2.05) is 18.9 Å². The second-order valence-corrected chi connectivity index (χ2v) is 4.44. The van der Waals surface area contributed by atoms with Gasteiger partial charge in [-0.15, -0.1) is 0 Å². The number of aryl methyl sites for hydroxylation is 1. The third-order valence-corrected chi connectivity index (χ3v) is 3.02. The number of likely N-dealkylation sites (N-methyl/N-ethyl adjacent to an activating group) is 1. The van der Waals surface area contributed by atoms with Gasteiger partial charge in [-0.25, -0.2) is 9.97 Å². The summed E-state index contributed by atoms with van der Waals surface area (Å²) in [6, 6.07) is 1.71. The van der Waals surface area contributed by atoms with E-state index in [4.69, 9.17) is 11.6 Å². The molecular weight excluding hydrogens is 240 g/mol. The first-order valence-corrected chi connectivity index (χ1v) is 6.00. The fourth-order valence-electron chi connectivity index (χ4n) is 1.73. The summed E-state index contributed by atoms with van der Waals surface area (Å²) in [6.07, 6.45) is 0.731. The minimum Gasteiger partial charge on any atom is -0.345 e. The molecule has 0 radical (unpaired) electrons. The number of carbonyl (C=O) groups excluding carboxylic acids is 1. The van der Waals surface area contributed by atoms with E-state index >= 15 is 0 Å². The van der Waals surface area contributed by atoms with E-state index in [1.165, 1.54) is 0 Å². The summed E-state index contributed by atoms with van der Waals surface area (Å²) in [5, 5.41) is 0.429. The summed E-state index contributed by atoms with van der Waals surface area (Å²) in [7, 11) is 1.81. The second-order valence-electron chi connectivity index (χ2n) is 4.06. The molecule has 6 heteroatoms. The maximum absolute atomic E-state index is 11.6. The Kier molecular flexibility index (Phi) is 3.47. The summed E-state index contributed by atoms with van der Waals surface area (Å²) in [6.45, 7) is 3.82. The Labute approximate surface area is 105 Å². The molecular formula is C11H15ClN4O. The average molecular weight is 255 g/mol. The highest BCUT2D eigenvalue weighted by Crippen LogP contribution is 2.18. The summed E-state index contributed by atoms with van der Waals surface area (Å²) >= 11 is 5.94. The fourth-order valence-corrected chi connectivity index (χ4v) is 1.92. The lowest BCUT2D eigenvalue weighted by Gasteiger charge is -2.32. The molecule has 1 aliphatic heterocycles. The predicted molar refractivity (Wildman–Crippen MR) is 66.3 cm³/mol. The first-order chi connectivity index (χ1) is 8.10. The van der Waals surface area contributed by atoms with Crippen LogP contribution in [0.5, 0.6) is 0 Å². The first kappa shape index (κ1) is 12.1. The molecule has 1 aliphatic rings. The zero-order valence-corrected chi connectivity index (χ0v) is 10.7. The Balaban J connectivity index is 2.22. The third kappa shape index (κ3) is 2.66. The molecule has 1 aromatic rings. The number of aromatic nitrogens is 2. The van der Waals surface area contributed by atoms with E-state index in [9.17, 15) is 4.79 Å². The van der Waals surface area contributed by atoms with Gasteiger partial charge in [0.1, 0.15) is 16.8 Å². The van der Waals surface area contributed by atoms with Crippen LogP contribution in [0.1, 0.15) is 12.7 Å². The minimum absolute atomic E-state index is 0.101. The Bertz CT molecular complexity index is 437. The lowest BCUT2D eigenvalue weighted by Crippen LogP contribution is -2.48. The lowest BCUT2D eigenvalue weighted by molar-refractivity contribution is -0.129. The molecule has 2 rings (SSSR count). The van der Waals surface area contributed by atoms with Gasteiger partial charge >= 0.3 is 0 Å². The van der Waals surface area contributed by atoms with Crippen LogP contribution in [-0.2, 0) is 11.2 Å². The number of anilines is 1. The molecule has 0 N–H and O–H groups in total. The van der Waals surface area contributed by atoms with Gasteiger partial charge in [0.15, 0.2) is 0 Å². The van der Waals surface area contributed by atoms with Crippen molar-refractivity contribution < 1.29 is 4.79 Å². The number of rotatable bonds is 2. The third-order valence-electron chi connectivity index (χ3n) is 2.83. The van der Waals surface area contributed by atoms with Crippen molar-refractivity contribution in [3.8, 4) is 0 Å². The van der Waals surface area contributed by atoms with Crippen molar-refractivity contribution in [3.63, 3.8) is 0 Å². The molecule has 0 bridgehead atoms. The van der Waals surface area contributed by atoms with Crippen molar-refractivity contribution >= 4 is 23.3 Å². The molecule has 1 fully saturated rings. The molecule has 0 spiro atoms. The SMILES string of the molecule is CCc1nc(Cl)cc(N2CCN(C)C(=O)C2)n1. The van der Waals surface area contributed by atoms with E-state index in [0.717, 1.165) is 18.8 Å². The van der Waals surface area contributed by atoms with E-state index in [1.54, 1.807) is 11.0 Å². The number of nitrogens with zero attached hydrogens (tertiary/aromatic N) is 4. The Hall–Kier alpha value is -1.36. The van der Waals surface area contributed by atoms with E-state index in [2.05, 4.69) is 9.97 Å². The van der Waals surface area contributed by atoms with Crippen LogP contribution in [0.4, 0.5) is 5.82 Å². The van der Waals surface area contributed by atoms with Crippen molar-refractivity contribution in [3.05, 3.63) is 17.0 Å². The highest BCUT2D eigenvalue weighted by atomic mass is 35.5. The largest absolute Gasteiger partial charge is 0.345 e. The molecule has 1 aromatic heterocycles. The van der Waals surface area contributed by atoms with Crippen LogP contribution >= 0.6 is 11.6 Å². The Morgan fingerprint density at radius 3 is 2.82 bits per heavy atom. The maximum Gasteiger partial charge on any atom is 0.241 e. The van der Waals surface area contributed by atoms with Gasteiger partial charge in [-0.3, -0.25) is 4.79 Å². The fraction of sp³-hybridized carbons (Fsp3) is 0.545. The van der Waals surface area contributed by atoms with Crippen LogP contribution in [0, 0.1) is 0 Å². The monoisotopic (exact) mass is 254 g/mol.